The average molecular weight is 598 g/mol. The zero-order chi connectivity index (χ0) is 29.5. The van der Waals surface area contributed by atoms with Crippen LogP contribution in [0.15, 0.2) is 43.2 Å². The molecule has 1 aliphatic rings. The number of halogens is 2. The van der Waals surface area contributed by atoms with E-state index in [9.17, 15) is 4.79 Å². The summed E-state index contributed by atoms with van der Waals surface area (Å²) >= 11 is 13.0. The summed E-state index contributed by atoms with van der Waals surface area (Å²) in [6.07, 6.45) is 8.14. The molecule has 4 rings (SSSR count). The fourth-order valence-electron chi connectivity index (χ4n) is 4.55. The number of amides is 1. The van der Waals surface area contributed by atoms with Crippen molar-refractivity contribution in [3.8, 4) is 11.5 Å². The van der Waals surface area contributed by atoms with E-state index in [1.165, 1.54) is 20.3 Å². The number of likely N-dealkylation sites (N-methyl/N-ethyl adjacent to an activating group) is 1. The molecule has 0 bridgehead atoms. The zero-order valence-electron chi connectivity index (χ0n) is 23.6. The van der Waals surface area contributed by atoms with Crippen molar-refractivity contribution in [1.29, 1.82) is 0 Å². The van der Waals surface area contributed by atoms with E-state index in [0.717, 1.165) is 49.5 Å². The predicted octanol–water partition coefficient (Wildman–Crippen LogP) is 6.29. The maximum atomic E-state index is 12.3. The van der Waals surface area contributed by atoms with Crippen molar-refractivity contribution < 1.29 is 14.3 Å². The van der Waals surface area contributed by atoms with Crippen molar-refractivity contribution in [1.82, 2.24) is 14.9 Å². The normalized spacial score (nSPS) is 13.8. The highest BCUT2D eigenvalue weighted by molar-refractivity contribution is 6.39. The van der Waals surface area contributed by atoms with Gasteiger partial charge in [-0.15, -0.1) is 0 Å². The largest absolute Gasteiger partial charge is 0.495 e. The van der Waals surface area contributed by atoms with Gasteiger partial charge in [0.25, 0.3) is 0 Å². The molecule has 1 fully saturated rings. The molecule has 1 saturated heterocycles. The lowest BCUT2D eigenvalue weighted by atomic mass is 10.1. The summed E-state index contributed by atoms with van der Waals surface area (Å²) in [7, 11) is 3.05. The Morgan fingerprint density at radius 3 is 2.22 bits per heavy atom. The highest BCUT2D eigenvalue weighted by Crippen LogP contribution is 2.41. The van der Waals surface area contributed by atoms with Crippen LogP contribution in [-0.2, 0) is 4.79 Å². The number of rotatable bonds is 10. The summed E-state index contributed by atoms with van der Waals surface area (Å²) in [5.74, 6) is 0.982. The zero-order valence-corrected chi connectivity index (χ0v) is 25.1. The molecule has 0 unspecified atom stereocenters. The number of carbonyl (C=O) groups is 1. The van der Waals surface area contributed by atoms with E-state index in [4.69, 9.17) is 32.7 Å². The molecule has 3 aromatic rings. The number of carbonyl (C=O) groups excluding carboxylic acids is 1. The Morgan fingerprint density at radius 2 is 1.66 bits per heavy atom. The van der Waals surface area contributed by atoms with E-state index < -0.39 is 0 Å². The third-order valence-electron chi connectivity index (χ3n) is 6.91. The third kappa shape index (κ3) is 7.11. The molecule has 11 heteroatoms. The second kappa shape index (κ2) is 13.7. The number of methoxy groups -OCH3 is 2. The molecule has 2 heterocycles. The Labute approximate surface area is 250 Å². The summed E-state index contributed by atoms with van der Waals surface area (Å²) < 4.78 is 10.7. The minimum absolute atomic E-state index is 0.298. The van der Waals surface area contributed by atoms with Gasteiger partial charge in [-0.2, -0.15) is 0 Å². The Hall–Kier alpha value is -3.79. The minimum Gasteiger partial charge on any atom is -0.495 e. The Balaban J connectivity index is 1.57. The fraction of sp³-hybridized carbons (Fsp3) is 0.300. The first kappa shape index (κ1) is 30.2. The van der Waals surface area contributed by atoms with E-state index in [-0.39, 0.29) is 5.91 Å². The molecule has 0 atom stereocenters. The molecule has 0 radical (unpaired) electrons. The topological polar surface area (TPSA) is 91.9 Å². The fourth-order valence-corrected chi connectivity index (χ4v) is 5.18. The molecule has 0 saturated carbocycles. The number of ether oxygens (including phenoxy) is 2. The molecular weight excluding hydrogens is 563 g/mol. The molecule has 2 aromatic carbocycles. The van der Waals surface area contributed by atoms with Gasteiger partial charge in [0.15, 0.2) is 0 Å². The van der Waals surface area contributed by atoms with Crippen molar-refractivity contribution in [2.45, 2.75) is 13.8 Å². The number of nitrogens with zero attached hydrogens (tertiary/aromatic N) is 4. The quantitative estimate of drug-likeness (QED) is 0.264. The molecular formula is C30H34Cl2N6O3. The summed E-state index contributed by atoms with van der Waals surface area (Å²) in [6, 6.07) is 5.73. The van der Waals surface area contributed by atoms with Crippen molar-refractivity contribution in [3.05, 3.63) is 70.0 Å². The average Bonchev–Trinajstić information content (AvgIpc) is 2.99. The van der Waals surface area contributed by atoms with Crippen LogP contribution in [0.25, 0.3) is 12.2 Å². The molecule has 2 N–H and O–H groups in total. The second-order valence-electron chi connectivity index (χ2n) is 9.42. The number of hydrogen-bond acceptors (Lipinski definition) is 8. The van der Waals surface area contributed by atoms with Gasteiger partial charge in [0.05, 0.1) is 35.6 Å². The number of benzene rings is 2. The van der Waals surface area contributed by atoms with E-state index in [1.54, 1.807) is 30.6 Å². The maximum absolute atomic E-state index is 12.3. The van der Waals surface area contributed by atoms with Gasteiger partial charge in [0.1, 0.15) is 11.5 Å². The van der Waals surface area contributed by atoms with Gasteiger partial charge in [0.2, 0.25) is 11.9 Å². The highest BCUT2D eigenvalue weighted by atomic mass is 35.5. The number of aromatic nitrogens is 2. The number of anilines is 4. The number of nitrogens with one attached hydrogen (secondary N) is 2. The van der Waals surface area contributed by atoms with Gasteiger partial charge < -0.3 is 29.9 Å². The van der Waals surface area contributed by atoms with E-state index in [1.807, 2.05) is 13.0 Å². The molecule has 1 amide bonds. The predicted molar refractivity (Wildman–Crippen MR) is 168 cm³/mol. The molecule has 0 aliphatic carbocycles. The van der Waals surface area contributed by atoms with Crippen LogP contribution in [0.4, 0.5) is 23.0 Å². The van der Waals surface area contributed by atoms with Crippen LogP contribution in [0.3, 0.4) is 0 Å². The van der Waals surface area contributed by atoms with E-state index >= 15 is 0 Å². The molecule has 1 aromatic heterocycles. The van der Waals surface area contributed by atoms with Gasteiger partial charge in [-0.05, 0) is 37.2 Å². The summed E-state index contributed by atoms with van der Waals surface area (Å²) in [5.41, 5.74) is 4.62. The maximum Gasteiger partial charge on any atom is 0.247 e. The van der Waals surface area contributed by atoms with Crippen LogP contribution in [0.5, 0.6) is 11.5 Å². The van der Waals surface area contributed by atoms with Crippen molar-refractivity contribution in [2.75, 3.05) is 62.5 Å². The number of hydrogen-bond donors (Lipinski definition) is 2. The SMILES string of the molecule is C=CC(=O)Nc1cc(N2CCN(CC)CC2)cc(C)c1Nc1ncc(/C=C/c2c(Cl)c(OC)cc(OC)c2Cl)cn1. The van der Waals surface area contributed by atoms with Crippen LogP contribution in [-0.4, -0.2) is 67.7 Å². The van der Waals surface area contributed by atoms with Crippen molar-refractivity contribution >= 4 is 64.3 Å². The molecule has 1 aliphatic heterocycles. The van der Waals surface area contributed by atoms with Crippen molar-refractivity contribution in [3.63, 3.8) is 0 Å². The van der Waals surface area contributed by atoms with Gasteiger partial charge in [-0.1, -0.05) is 48.9 Å². The summed E-state index contributed by atoms with van der Waals surface area (Å²) in [6.45, 7) is 12.7. The number of piperazine rings is 1. The van der Waals surface area contributed by atoms with E-state index in [2.05, 4.69) is 50.0 Å². The lowest BCUT2D eigenvalue weighted by molar-refractivity contribution is -0.111. The molecule has 41 heavy (non-hydrogen) atoms. The van der Waals surface area contributed by atoms with Crippen molar-refractivity contribution in [2.24, 2.45) is 0 Å². The minimum atomic E-state index is -0.298. The van der Waals surface area contributed by atoms with Gasteiger partial charge in [0, 0.05) is 61.5 Å². The smallest absolute Gasteiger partial charge is 0.247 e. The Kier molecular flexibility index (Phi) is 10.1. The van der Waals surface area contributed by atoms with Gasteiger partial charge >= 0.3 is 0 Å². The van der Waals surface area contributed by atoms with Crippen LogP contribution >= 0.6 is 23.2 Å². The summed E-state index contributed by atoms with van der Waals surface area (Å²) in [5, 5.41) is 6.94. The van der Waals surface area contributed by atoms with Crippen LogP contribution in [0.2, 0.25) is 10.0 Å². The van der Waals surface area contributed by atoms with Crippen LogP contribution < -0.4 is 25.0 Å². The molecule has 0 spiro atoms. The first-order valence-corrected chi connectivity index (χ1v) is 14.0. The van der Waals surface area contributed by atoms with Gasteiger partial charge in [-0.25, -0.2) is 9.97 Å². The molecule has 9 nitrogen and oxygen atoms in total. The van der Waals surface area contributed by atoms with E-state index in [0.29, 0.717) is 44.4 Å². The third-order valence-corrected chi connectivity index (χ3v) is 7.69. The Bertz CT molecular complexity index is 1410. The van der Waals surface area contributed by atoms with Crippen LogP contribution in [0, 0.1) is 6.92 Å². The first-order valence-electron chi connectivity index (χ1n) is 13.2. The summed E-state index contributed by atoms with van der Waals surface area (Å²) in [4.78, 5) is 26.0. The lowest BCUT2D eigenvalue weighted by Crippen LogP contribution is -2.46. The number of aryl methyl sites for hydroxylation is 1. The lowest BCUT2D eigenvalue weighted by Gasteiger charge is -2.36. The molecule has 216 valence electrons. The van der Waals surface area contributed by atoms with Crippen LogP contribution in [0.1, 0.15) is 23.6 Å². The first-order chi connectivity index (χ1) is 19.8. The standard InChI is InChI=1S/C30H34Cl2N6O3/c1-6-26(39)35-23-15-21(38-12-10-37(7-2)11-13-38)14-19(3)29(23)36-30-33-17-20(18-34-30)8-9-22-27(31)24(40-4)16-25(41-5)28(22)32/h6,8-9,14-18H,1,7,10-13H2,2-5H3,(H,35,39)(H,33,34,36)/b9-8+. The van der Waals surface area contributed by atoms with Gasteiger partial charge in [-0.3, -0.25) is 4.79 Å². The Morgan fingerprint density at radius 1 is 1.02 bits per heavy atom. The second-order valence-corrected chi connectivity index (χ2v) is 10.2. The monoisotopic (exact) mass is 596 g/mol. The highest BCUT2D eigenvalue weighted by Gasteiger charge is 2.19.